The Bertz CT molecular complexity index is 950. The molecule has 3 rings (SSSR count). The molecule has 0 saturated heterocycles. The molecule has 3 aromatic rings. The van der Waals surface area contributed by atoms with Crippen LogP contribution in [0.3, 0.4) is 0 Å². The Kier molecular flexibility index (Phi) is 6.06. The number of esters is 1. The number of carbonyl (C=O) groups is 2. The van der Waals surface area contributed by atoms with E-state index in [0.29, 0.717) is 24.5 Å². The van der Waals surface area contributed by atoms with Gasteiger partial charge in [0, 0.05) is 19.7 Å². The first-order valence-electron chi connectivity index (χ1n) is 8.97. The first-order valence-corrected chi connectivity index (χ1v) is 8.97. The van der Waals surface area contributed by atoms with Gasteiger partial charge in [0.1, 0.15) is 0 Å². The zero-order valence-corrected chi connectivity index (χ0v) is 15.8. The Morgan fingerprint density at radius 3 is 2.46 bits per heavy atom. The number of anilines is 1. The van der Waals surface area contributed by atoms with Crippen LogP contribution in [0, 0.1) is 0 Å². The number of rotatable bonds is 6. The number of urea groups is 1. The number of nitrogens with one attached hydrogen (secondary N) is 2. The molecule has 0 aliphatic rings. The monoisotopic (exact) mass is 378 g/mol. The number of carbonyl (C=O) groups excluding carboxylic acids is 2. The van der Waals surface area contributed by atoms with E-state index in [-0.39, 0.29) is 12.0 Å². The molecule has 0 radical (unpaired) electrons. The van der Waals surface area contributed by atoms with E-state index >= 15 is 0 Å². The van der Waals surface area contributed by atoms with Gasteiger partial charge in [0.25, 0.3) is 0 Å². The summed E-state index contributed by atoms with van der Waals surface area (Å²) in [5, 5.41) is 9.83. The van der Waals surface area contributed by atoms with Gasteiger partial charge in [0.15, 0.2) is 5.82 Å². The van der Waals surface area contributed by atoms with Crippen LogP contribution in [0.15, 0.2) is 60.7 Å². The highest BCUT2D eigenvalue weighted by atomic mass is 16.5. The molecule has 0 aliphatic carbocycles. The Hall–Kier alpha value is -3.61. The molecule has 2 aromatic carbocycles. The topological polar surface area (TPSA) is 85.2 Å². The molecule has 144 valence electrons. The first-order chi connectivity index (χ1) is 13.6. The van der Waals surface area contributed by atoms with Crippen molar-refractivity contribution in [2.45, 2.75) is 13.5 Å². The van der Waals surface area contributed by atoms with Crippen molar-refractivity contribution < 1.29 is 14.3 Å². The lowest BCUT2D eigenvalue weighted by atomic mass is 10.1. The molecule has 1 aromatic heterocycles. The fourth-order valence-electron chi connectivity index (χ4n) is 2.72. The smallest absolute Gasteiger partial charge is 0.338 e. The highest BCUT2D eigenvalue weighted by molar-refractivity contribution is 5.90. The van der Waals surface area contributed by atoms with E-state index in [4.69, 9.17) is 4.74 Å². The summed E-state index contributed by atoms with van der Waals surface area (Å²) in [7, 11) is 1.83. The van der Waals surface area contributed by atoms with Crippen molar-refractivity contribution in [1.82, 2.24) is 15.1 Å². The van der Waals surface area contributed by atoms with Crippen molar-refractivity contribution in [2.75, 3.05) is 11.9 Å². The molecule has 0 bridgehead atoms. The number of aryl methyl sites for hydroxylation is 1. The van der Waals surface area contributed by atoms with E-state index in [9.17, 15) is 9.59 Å². The normalized spacial score (nSPS) is 10.4. The van der Waals surface area contributed by atoms with Crippen LogP contribution in [0.1, 0.15) is 22.8 Å². The summed E-state index contributed by atoms with van der Waals surface area (Å²) < 4.78 is 6.67. The molecule has 0 saturated carbocycles. The molecule has 0 fully saturated rings. The van der Waals surface area contributed by atoms with Gasteiger partial charge >= 0.3 is 12.0 Å². The minimum atomic E-state index is -0.357. The van der Waals surface area contributed by atoms with Crippen molar-refractivity contribution in [2.24, 2.45) is 7.05 Å². The molecule has 0 spiro atoms. The lowest BCUT2D eigenvalue weighted by molar-refractivity contribution is 0.0526. The van der Waals surface area contributed by atoms with Gasteiger partial charge in [0.05, 0.1) is 17.9 Å². The van der Waals surface area contributed by atoms with E-state index in [1.807, 2.05) is 43.4 Å². The van der Waals surface area contributed by atoms with Gasteiger partial charge in [-0.25, -0.2) is 9.59 Å². The van der Waals surface area contributed by atoms with Gasteiger partial charge in [-0.1, -0.05) is 42.5 Å². The molecule has 0 atom stereocenters. The van der Waals surface area contributed by atoms with Crippen LogP contribution in [0.5, 0.6) is 0 Å². The SMILES string of the molecule is CCOC(=O)c1ccc(CNC(=O)Nc2cc(-c3ccccc3)n(C)n2)cc1. The lowest BCUT2D eigenvalue weighted by Crippen LogP contribution is -2.28. The van der Waals surface area contributed by atoms with Gasteiger partial charge in [-0.05, 0) is 30.2 Å². The maximum absolute atomic E-state index is 12.2. The predicted molar refractivity (Wildman–Crippen MR) is 107 cm³/mol. The molecular formula is C21H22N4O3. The third-order valence-corrected chi connectivity index (χ3v) is 4.11. The van der Waals surface area contributed by atoms with E-state index in [1.54, 1.807) is 35.9 Å². The summed E-state index contributed by atoms with van der Waals surface area (Å²) in [6.45, 7) is 2.42. The molecule has 7 heteroatoms. The van der Waals surface area contributed by atoms with Gasteiger partial charge in [-0.3, -0.25) is 10.00 Å². The molecule has 1 heterocycles. The minimum Gasteiger partial charge on any atom is -0.462 e. The standard InChI is InChI=1S/C21H22N4O3/c1-3-28-20(26)17-11-9-15(10-12-17)14-22-21(27)23-19-13-18(25(2)24-19)16-7-5-4-6-8-16/h4-13H,3,14H2,1-2H3,(H2,22,23,24,27). The fraction of sp³-hybridized carbons (Fsp3) is 0.190. The van der Waals surface area contributed by atoms with Crippen LogP contribution in [0.25, 0.3) is 11.3 Å². The van der Waals surface area contributed by atoms with Gasteiger partial charge < -0.3 is 10.1 Å². The number of hydrogen-bond donors (Lipinski definition) is 2. The van der Waals surface area contributed by atoms with Crippen LogP contribution in [-0.2, 0) is 18.3 Å². The summed E-state index contributed by atoms with van der Waals surface area (Å²) in [5.41, 5.74) is 3.28. The second-order valence-corrected chi connectivity index (χ2v) is 6.13. The largest absolute Gasteiger partial charge is 0.462 e. The Morgan fingerprint density at radius 2 is 1.79 bits per heavy atom. The second-order valence-electron chi connectivity index (χ2n) is 6.13. The maximum Gasteiger partial charge on any atom is 0.338 e. The summed E-state index contributed by atoms with van der Waals surface area (Å²) in [6.07, 6.45) is 0. The second kappa shape index (κ2) is 8.85. The Morgan fingerprint density at radius 1 is 1.07 bits per heavy atom. The summed E-state index contributed by atoms with van der Waals surface area (Å²) in [4.78, 5) is 23.8. The predicted octanol–water partition coefficient (Wildman–Crippen LogP) is 3.59. The zero-order chi connectivity index (χ0) is 19.9. The van der Waals surface area contributed by atoms with Crippen LogP contribution >= 0.6 is 0 Å². The van der Waals surface area contributed by atoms with Crippen molar-refractivity contribution in [3.05, 3.63) is 71.8 Å². The molecule has 0 aliphatic heterocycles. The highest BCUT2D eigenvalue weighted by Crippen LogP contribution is 2.21. The number of hydrogen-bond acceptors (Lipinski definition) is 4. The van der Waals surface area contributed by atoms with Crippen LogP contribution in [0.4, 0.5) is 10.6 Å². The van der Waals surface area contributed by atoms with Gasteiger partial charge in [0.2, 0.25) is 0 Å². The number of nitrogens with zero attached hydrogens (tertiary/aromatic N) is 2. The van der Waals surface area contributed by atoms with Crippen LogP contribution < -0.4 is 10.6 Å². The van der Waals surface area contributed by atoms with Crippen molar-refractivity contribution in [3.8, 4) is 11.3 Å². The fourth-order valence-corrected chi connectivity index (χ4v) is 2.72. The van der Waals surface area contributed by atoms with Crippen molar-refractivity contribution in [1.29, 1.82) is 0 Å². The lowest BCUT2D eigenvalue weighted by Gasteiger charge is -2.07. The maximum atomic E-state index is 12.2. The summed E-state index contributed by atoms with van der Waals surface area (Å²) >= 11 is 0. The number of benzene rings is 2. The highest BCUT2D eigenvalue weighted by Gasteiger charge is 2.10. The van der Waals surface area contributed by atoms with Crippen LogP contribution in [0.2, 0.25) is 0 Å². The Labute approximate surface area is 163 Å². The Balaban J connectivity index is 1.56. The zero-order valence-electron chi connectivity index (χ0n) is 15.8. The average molecular weight is 378 g/mol. The molecular weight excluding hydrogens is 356 g/mol. The average Bonchev–Trinajstić information content (AvgIpc) is 3.07. The number of aromatic nitrogens is 2. The minimum absolute atomic E-state index is 0.327. The molecule has 2 N–H and O–H groups in total. The number of ether oxygens (including phenoxy) is 1. The summed E-state index contributed by atoms with van der Waals surface area (Å²) in [6, 6.07) is 18.2. The molecule has 7 nitrogen and oxygen atoms in total. The molecule has 2 amide bonds. The van der Waals surface area contributed by atoms with Crippen LogP contribution in [-0.4, -0.2) is 28.4 Å². The first kappa shape index (κ1) is 19.2. The molecule has 28 heavy (non-hydrogen) atoms. The van der Waals surface area contributed by atoms with E-state index in [2.05, 4.69) is 15.7 Å². The van der Waals surface area contributed by atoms with Gasteiger partial charge in [-0.15, -0.1) is 0 Å². The van der Waals surface area contributed by atoms with Crippen molar-refractivity contribution in [3.63, 3.8) is 0 Å². The van der Waals surface area contributed by atoms with Gasteiger partial charge in [-0.2, -0.15) is 5.10 Å². The van der Waals surface area contributed by atoms with Crippen molar-refractivity contribution >= 4 is 17.8 Å². The molecule has 0 unspecified atom stereocenters. The van der Waals surface area contributed by atoms with E-state index in [0.717, 1.165) is 16.8 Å². The third kappa shape index (κ3) is 4.76. The quantitative estimate of drug-likeness (QED) is 0.642. The number of amides is 2. The van der Waals surface area contributed by atoms with E-state index < -0.39 is 0 Å². The summed E-state index contributed by atoms with van der Waals surface area (Å²) in [5.74, 6) is 0.112. The third-order valence-electron chi connectivity index (χ3n) is 4.11. The van der Waals surface area contributed by atoms with E-state index in [1.165, 1.54) is 0 Å².